The van der Waals surface area contributed by atoms with Gasteiger partial charge in [-0.15, -0.1) is 0 Å². The first-order valence-corrected chi connectivity index (χ1v) is 4.12. The number of hydrogen-bond acceptors (Lipinski definition) is 3. The number of primary amides is 1. The molecule has 0 spiro atoms. The molecule has 0 radical (unpaired) electrons. The molecule has 0 fully saturated rings. The molecule has 0 aliphatic rings. The number of carbonyl (C=O) groups excluding carboxylic acids is 1. The fraction of sp³-hybridized carbons (Fsp3) is 0.333. The van der Waals surface area contributed by atoms with Crippen molar-refractivity contribution in [2.24, 2.45) is 11.5 Å². The Morgan fingerprint density at radius 1 is 1.83 bits per heavy atom. The lowest BCUT2D eigenvalue weighted by Gasteiger charge is -2.06. The molecule has 0 aliphatic carbocycles. The lowest BCUT2D eigenvalue weighted by molar-refractivity contribution is -0.119. The van der Waals surface area contributed by atoms with E-state index in [0.717, 1.165) is 4.47 Å². The van der Waals surface area contributed by atoms with E-state index in [0.29, 0.717) is 6.54 Å². The molecule has 6 heteroatoms. The molecule has 1 unspecified atom stereocenters. The number of halogens is 1. The molecule has 1 amide bonds. The average Bonchev–Trinajstić information content (AvgIpc) is 2.35. The second-order valence-corrected chi connectivity index (χ2v) is 3.31. The Kier molecular flexibility index (Phi) is 2.83. The predicted octanol–water partition coefficient (Wildman–Crippen LogP) is -0.542. The summed E-state index contributed by atoms with van der Waals surface area (Å²) >= 11 is 3.22. The van der Waals surface area contributed by atoms with E-state index in [4.69, 9.17) is 11.5 Å². The van der Waals surface area contributed by atoms with Crippen LogP contribution in [0.5, 0.6) is 0 Å². The van der Waals surface area contributed by atoms with Gasteiger partial charge in [0, 0.05) is 6.20 Å². The van der Waals surface area contributed by atoms with E-state index in [1.165, 1.54) is 0 Å². The van der Waals surface area contributed by atoms with Gasteiger partial charge in [-0.3, -0.25) is 9.48 Å². The Morgan fingerprint density at radius 3 is 2.92 bits per heavy atom. The molecular formula is C6H9BrN4O. The first-order valence-electron chi connectivity index (χ1n) is 3.32. The van der Waals surface area contributed by atoms with Crippen molar-refractivity contribution in [1.29, 1.82) is 0 Å². The Bertz CT molecular complexity index is 285. The van der Waals surface area contributed by atoms with E-state index in [1.807, 2.05) is 0 Å². The standard InChI is InChI=1S/C6H9BrN4O/c7-4-1-10-11(2-4)3-5(8)6(9)12/h1-2,5H,3,8H2,(H2,9,12). The van der Waals surface area contributed by atoms with Crippen molar-refractivity contribution in [2.45, 2.75) is 12.6 Å². The van der Waals surface area contributed by atoms with Crippen molar-refractivity contribution < 1.29 is 4.79 Å². The van der Waals surface area contributed by atoms with Crippen LogP contribution in [0.15, 0.2) is 16.9 Å². The monoisotopic (exact) mass is 232 g/mol. The van der Waals surface area contributed by atoms with E-state index >= 15 is 0 Å². The molecule has 0 saturated carbocycles. The molecule has 0 aliphatic heterocycles. The molecule has 0 bridgehead atoms. The van der Waals surface area contributed by atoms with Gasteiger partial charge in [-0.25, -0.2) is 0 Å². The van der Waals surface area contributed by atoms with Gasteiger partial charge < -0.3 is 11.5 Å². The van der Waals surface area contributed by atoms with Crippen LogP contribution in [0.4, 0.5) is 0 Å². The predicted molar refractivity (Wildman–Crippen MR) is 47.1 cm³/mol. The van der Waals surface area contributed by atoms with E-state index in [9.17, 15) is 4.79 Å². The van der Waals surface area contributed by atoms with Crippen LogP contribution < -0.4 is 11.5 Å². The zero-order valence-electron chi connectivity index (χ0n) is 6.27. The lowest BCUT2D eigenvalue weighted by Crippen LogP contribution is -2.39. The van der Waals surface area contributed by atoms with Gasteiger partial charge in [-0.05, 0) is 15.9 Å². The number of hydrogen-bond donors (Lipinski definition) is 2. The summed E-state index contributed by atoms with van der Waals surface area (Å²) < 4.78 is 2.40. The molecule has 4 N–H and O–H groups in total. The summed E-state index contributed by atoms with van der Waals surface area (Å²) in [5.74, 6) is -0.526. The van der Waals surface area contributed by atoms with Crippen molar-refractivity contribution in [3.8, 4) is 0 Å². The van der Waals surface area contributed by atoms with E-state index in [2.05, 4.69) is 21.0 Å². The summed E-state index contributed by atoms with van der Waals surface area (Å²) in [5, 5.41) is 3.92. The Labute approximate surface area is 77.8 Å². The van der Waals surface area contributed by atoms with Crippen LogP contribution >= 0.6 is 15.9 Å². The zero-order chi connectivity index (χ0) is 9.14. The van der Waals surface area contributed by atoms with Crippen LogP contribution in [0, 0.1) is 0 Å². The topological polar surface area (TPSA) is 86.9 Å². The molecule has 1 heterocycles. The molecule has 1 aromatic rings. The SMILES string of the molecule is NC(=O)C(N)Cn1cc(Br)cn1. The molecule has 0 saturated heterocycles. The van der Waals surface area contributed by atoms with Gasteiger partial charge >= 0.3 is 0 Å². The highest BCUT2D eigenvalue weighted by atomic mass is 79.9. The third-order valence-electron chi connectivity index (χ3n) is 1.35. The second kappa shape index (κ2) is 3.68. The normalized spacial score (nSPS) is 12.8. The van der Waals surface area contributed by atoms with Crippen LogP contribution in [0.1, 0.15) is 0 Å². The van der Waals surface area contributed by atoms with Gasteiger partial charge in [0.05, 0.1) is 17.2 Å². The number of carbonyl (C=O) groups is 1. The largest absolute Gasteiger partial charge is 0.368 e. The molecule has 1 rings (SSSR count). The summed E-state index contributed by atoms with van der Waals surface area (Å²) in [6.07, 6.45) is 3.34. The van der Waals surface area contributed by atoms with Crippen molar-refractivity contribution in [3.05, 3.63) is 16.9 Å². The number of aromatic nitrogens is 2. The van der Waals surface area contributed by atoms with Crippen LogP contribution in [-0.4, -0.2) is 21.7 Å². The van der Waals surface area contributed by atoms with Crippen molar-refractivity contribution >= 4 is 21.8 Å². The van der Waals surface area contributed by atoms with Crippen LogP contribution in [0.25, 0.3) is 0 Å². The smallest absolute Gasteiger partial charge is 0.236 e. The highest BCUT2D eigenvalue weighted by Gasteiger charge is 2.09. The minimum Gasteiger partial charge on any atom is -0.368 e. The quantitative estimate of drug-likeness (QED) is 0.734. The van der Waals surface area contributed by atoms with E-state index < -0.39 is 11.9 Å². The van der Waals surface area contributed by atoms with Gasteiger partial charge in [-0.1, -0.05) is 0 Å². The third-order valence-corrected chi connectivity index (χ3v) is 1.76. The minimum absolute atomic E-state index is 0.306. The summed E-state index contributed by atoms with van der Waals surface area (Å²) in [6.45, 7) is 0.306. The first kappa shape index (κ1) is 9.21. The van der Waals surface area contributed by atoms with E-state index in [-0.39, 0.29) is 0 Å². The summed E-state index contributed by atoms with van der Waals surface area (Å²) in [4.78, 5) is 10.6. The maximum absolute atomic E-state index is 10.6. The zero-order valence-corrected chi connectivity index (χ0v) is 7.86. The number of nitrogens with two attached hydrogens (primary N) is 2. The second-order valence-electron chi connectivity index (χ2n) is 2.39. The van der Waals surface area contributed by atoms with Gasteiger partial charge in [0.2, 0.25) is 5.91 Å². The van der Waals surface area contributed by atoms with E-state index in [1.54, 1.807) is 17.1 Å². The maximum Gasteiger partial charge on any atom is 0.236 e. The van der Waals surface area contributed by atoms with Crippen LogP contribution in [0.2, 0.25) is 0 Å². The van der Waals surface area contributed by atoms with Gasteiger partial charge in [0.15, 0.2) is 0 Å². The summed E-state index contributed by atoms with van der Waals surface area (Å²) in [7, 11) is 0. The molecule has 66 valence electrons. The number of rotatable bonds is 3. The summed E-state index contributed by atoms with van der Waals surface area (Å²) in [6, 6.07) is -0.684. The highest BCUT2D eigenvalue weighted by Crippen LogP contribution is 2.05. The first-order chi connectivity index (χ1) is 5.59. The lowest BCUT2D eigenvalue weighted by atomic mass is 10.3. The molecule has 1 atom stereocenters. The molecule has 12 heavy (non-hydrogen) atoms. The fourth-order valence-corrected chi connectivity index (χ4v) is 1.06. The van der Waals surface area contributed by atoms with Crippen molar-refractivity contribution in [1.82, 2.24) is 9.78 Å². The number of amides is 1. The average molecular weight is 233 g/mol. The maximum atomic E-state index is 10.6. The van der Waals surface area contributed by atoms with Gasteiger partial charge in [0.25, 0.3) is 0 Å². The summed E-state index contributed by atoms with van der Waals surface area (Å²) in [5.41, 5.74) is 10.4. The van der Waals surface area contributed by atoms with Crippen molar-refractivity contribution in [3.63, 3.8) is 0 Å². The highest BCUT2D eigenvalue weighted by molar-refractivity contribution is 9.10. The Hall–Kier alpha value is -0.880. The fourth-order valence-electron chi connectivity index (χ4n) is 0.730. The molecular weight excluding hydrogens is 224 g/mol. The Balaban J connectivity index is 2.58. The molecule has 1 aromatic heterocycles. The molecule has 0 aromatic carbocycles. The van der Waals surface area contributed by atoms with Gasteiger partial charge in [0.1, 0.15) is 6.04 Å². The molecule has 5 nitrogen and oxygen atoms in total. The van der Waals surface area contributed by atoms with Crippen LogP contribution in [0.3, 0.4) is 0 Å². The Morgan fingerprint density at radius 2 is 2.50 bits per heavy atom. The number of nitrogens with zero attached hydrogens (tertiary/aromatic N) is 2. The van der Waals surface area contributed by atoms with Gasteiger partial charge in [-0.2, -0.15) is 5.10 Å². The minimum atomic E-state index is -0.684. The van der Waals surface area contributed by atoms with Crippen LogP contribution in [-0.2, 0) is 11.3 Å². The third kappa shape index (κ3) is 2.31. The van der Waals surface area contributed by atoms with Crippen molar-refractivity contribution in [2.75, 3.05) is 0 Å².